The number of carbonyl (C=O) groups excluding carboxylic acids is 2. The largest absolute Gasteiger partial charge is 0.378 e. The monoisotopic (exact) mass is 459 g/mol. The van der Waals surface area contributed by atoms with Gasteiger partial charge in [-0.2, -0.15) is 0 Å². The van der Waals surface area contributed by atoms with E-state index in [1.54, 1.807) is 12.1 Å². The fourth-order valence-corrected chi connectivity index (χ4v) is 5.63. The molecule has 2 aromatic rings. The van der Waals surface area contributed by atoms with Crippen LogP contribution in [0.4, 0.5) is 5.69 Å². The normalized spacial score (nSPS) is 24.5. The molecule has 2 aliphatic heterocycles. The number of benzene rings is 1. The lowest BCUT2D eigenvalue weighted by Gasteiger charge is -2.27. The lowest BCUT2D eigenvalue weighted by molar-refractivity contribution is -0.122. The lowest BCUT2D eigenvalue weighted by atomic mass is 9.96. The fraction of sp³-hybridized carbons (Fsp3) is 0.478. The molecule has 5 rings (SSSR count). The second-order valence-corrected chi connectivity index (χ2v) is 10.7. The first-order valence-corrected chi connectivity index (χ1v) is 11.9. The molecule has 0 bridgehead atoms. The molecule has 2 fully saturated rings. The van der Waals surface area contributed by atoms with Gasteiger partial charge in [-0.15, -0.1) is 11.3 Å². The predicted octanol–water partition coefficient (Wildman–Crippen LogP) is 3.49. The van der Waals surface area contributed by atoms with Crippen LogP contribution in [0, 0.1) is 0 Å². The highest BCUT2D eigenvalue weighted by Crippen LogP contribution is 2.45. The van der Waals surface area contributed by atoms with Crippen LogP contribution in [0.2, 0.25) is 4.34 Å². The molecule has 1 saturated carbocycles. The molecule has 6 nitrogen and oxygen atoms in total. The summed E-state index contributed by atoms with van der Waals surface area (Å²) in [5.74, 6) is -0.553. The van der Waals surface area contributed by atoms with Crippen LogP contribution in [0.3, 0.4) is 0 Å². The number of carbonyl (C=O) groups is 2. The highest BCUT2D eigenvalue weighted by molar-refractivity contribution is 7.18. The van der Waals surface area contributed by atoms with Crippen molar-refractivity contribution in [3.8, 4) is 0 Å². The summed E-state index contributed by atoms with van der Waals surface area (Å²) in [5, 5.41) is 5.94. The Bertz CT molecular complexity index is 1030. The Morgan fingerprint density at radius 3 is 2.68 bits per heavy atom. The average Bonchev–Trinajstić information content (AvgIpc) is 3.19. The second kappa shape index (κ2) is 7.89. The van der Waals surface area contributed by atoms with Crippen molar-refractivity contribution in [2.24, 2.45) is 0 Å². The van der Waals surface area contributed by atoms with Crippen LogP contribution < -0.4 is 10.6 Å². The maximum Gasteiger partial charge on any atom is 0.262 e. The maximum atomic E-state index is 13.3. The molecule has 1 aliphatic carbocycles. The minimum absolute atomic E-state index is 0.155. The first-order chi connectivity index (χ1) is 14.9. The van der Waals surface area contributed by atoms with E-state index in [0.717, 1.165) is 25.1 Å². The van der Waals surface area contributed by atoms with E-state index < -0.39 is 5.54 Å². The van der Waals surface area contributed by atoms with E-state index in [1.165, 1.54) is 35.3 Å². The SMILES string of the molecule is CN1CCc2cc(NC(=O)[C@@]3(NC(=O)c4ccc(Cl)s4)CCOC3)ccc2CC12CC2. The van der Waals surface area contributed by atoms with Crippen molar-refractivity contribution in [2.75, 3.05) is 32.1 Å². The number of amides is 2. The number of nitrogens with one attached hydrogen (secondary N) is 2. The van der Waals surface area contributed by atoms with Gasteiger partial charge in [0.1, 0.15) is 5.54 Å². The zero-order valence-electron chi connectivity index (χ0n) is 17.5. The van der Waals surface area contributed by atoms with Crippen LogP contribution in [0.25, 0.3) is 0 Å². The van der Waals surface area contributed by atoms with E-state index in [4.69, 9.17) is 16.3 Å². The molecular weight excluding hydrogens is 434 g/mol. The van der Waals surface area contributed by atoms with Gasteiger partial charge in [0, 0.05) is 30.8 Å². The lowest BCUT2D eigenvalue weighted by Crippen LogP contribution is -2.57. The molecule has 1 atom stereocenters. The molecule has 2 amide bonds. The van der Waals surface area contributed by atoms with Gasteiger partial charge < -0.3 is 20.3 Å². The Morgan fingerprint density at radius 1 is 1.16 bits per heavy atom. The number of thiophene rings is 1. The quantitative estimate of drug-likeness (QED) is 0.734. The third-order valence-corrected chi connectivity index (χ3v) is 8.17. The summed E-state index contributed by atoms with van der Waals surface area (Å²) in [6, 6.07) is 9.56. The van der Waals surface area contributed by atoms with Crippen LogP contribution in [0.5, 0.6) is 0 Å². The summed E-state index contributed by atoms with van der Waals surface area (Å²) in [7, 11) is 2.22. The average molecular weight is 460 g/mol. The Balaban J connectivity index is 1.33. The number of anilines is 1. The molecule has 8 heteroatoms. The molecule has 1 aromatic heterocycles. The first kappa shape index (κ1) is 20.9. The first-order valence-electron chi connectivity index (χ1n) is 10.7. The Hall–Kier alpha value is -1.93. The molecule has 3 aliphatic rings. The van der Waals surface area contributed by atoms with Crippen molar-refractivity contribution in [3.05, 3.63) is 50.7 Å². The van der Waals surface area contributed by atoms with Crippen molar-refractivity contribution in [2.45, 2.75) is 43.2 Å². The van der Waals surface area contributed by atoms with Crippen molar-refractivity contribution >= 4 is 40.4 Å². The summed E-state index contributed by atoms with van der Waals surface area (Å²) >= 11 is 7.15. The van der Waals surface area contributed by atoms with Gasteiger partial charge in [0.15, 0.2) is 0 Å². The van der Waals surface area contributed by atoms with Crippen LogP contribution in [-0.2, 0) is 22.4 Å². The van der Waals surface area contributed by atoms with E-state index in [1.807, 2.05) is 6.07 Å². The van der Waals surface area contributed by atoms with Crippen molar-refractivity contribution < 1.29 is 14.3 Å². The molecule has 1 spiro atoms. The Kier molecular flexibility index (Phi) is 5.33. The molecule has 3 heterocycles. The fourth-order valence-electron chi connectivity index (χ4n) is 4.69. The van der Waals surface area contributed by atoms with Crippen molar-refractivity contribution in [1.82, 2.24) is 10.2 Å². The van der Waals surface area contributed by atoms with E-state index in [2.05, 4.69) is 34.7 Å². The highest BCUT2D eigenvalue weighted by Gasteiger charge is 2.47. The van der Waals surface area contributed by atoms with Gasteiger partial charge in [0.25, 0.3) is 11.8 Å². The molecule has 164 valence electrons. The third kappa shape index (κ3) is 4.00. The Labute approximate surface area is 190 Å². The van der Waals surface area contributed by atoms with E-state index in [0.29, 0.717) is 27.8 Å². The maximum absolute atomic E-state index is 13.3. The van der Waals surface area contributed by atoms with Gasteiger partial charge in [-0.1, -0.05) is 17.7 Å². The number of hydrogen-bond donors (Lipinski definition) is 2. The van der Waals surface area contributed by atoms with Gasteiger partial charge in [-0.05, 0) is 68.1 Å². The van der Waals surface area contributed by atoms with Gasteiger partial charge in [0.2, 0.25) is 0 Å². The molecule has 31 heavy (non-hydrogen) atoms. The van der Waals surface area contributed by atoms with Gasteiger partial charge in [0.05, 0.1) is 15.8 Å². The zero-order chi connectivity index (χ0) is 21.6. The van der Waals surface area contributed by atoms with Crippen LogP contribution in [-0.4, -0.2) is 54.6 Å². The molecule has 2 N–H and O–H groups in total. The van der Waals surface area contributed by atoms with Crippen LogP contribution in [0.15, 0.2) is 30.3 Å². The van der Waals surface area contributed by atoms with Gasteiger partial charge in [-0.3, -0.25) is 9.59 Å². The smallest absolute Gasteiger partial charge is 0.262 e. The molecule has 1 saturated heterocycles. The van der Waals surface area contributed by atoms with Crippen LogP contribution >= 0.6 is 22.9 Å². The van der Waals surface area contributed by atoms with E-state index in [-0.39, 0.29) is 18.4 Å². The van der Waals surface area contributed by atoms with Gasteiger partial charge >= 0.3 is 0 Å². The number of fused-ring (bicyclic) bond motifs is 1. The second-order valence-electron chi connectivity index (χ2n) is 8.95. The van der Waals surface area contributed by atoms with Crippen molar-refractivity contribution in [3.63, 3.8) is 0 Å². The van der Waals surface area contributed by atoms with Crippen LogP contribution in [0.1, 0.15) is 40.1 Å². The number of likely N-dealkylation sites (N-methyl/N-ethyl adjacent to an activating group) is 1. The van der Waals surface area contributed by atoms with E-state index in [9.17, 15) is 9.59 Å². The minimum Gasteiger partial charge on any atom is -0.378 e. The number of hydrogen-bond acceptors (Lipinski definition) is 5. The number of nitrogens with zero attached hydrogens (tertiary/aromatic N) is 1. The third-order valence-electron chi connectivity index (χ3n) is 6.94. The number of ether oxygens (including phenoxy) is 1. The minimum atomic E-state index is -1.08. The zero-order valence-corrected chi connectivity index (χ0v) is 19.1. The summed E-state index contributed by atoms with van der Waals surface area (Å²) in [4.78, 5) is 28.9. The highest BCUT2D eigenvalue weighted by atomic mass is 35.5. The summed E-state index contributed by atoms with van der Waals surface area (Å²) in [6.07, 6.45) is 5.01. The standard InChI is InChI=1S/C23H26ClN3O3S/c1-27-10-6-15-12-17(3-2-16(15)13-22(27)7-8-22)25-21(29)23(9-11-30-14-23)26-20(28)18-4-5-19(24)31-18/h2-5,12H,6-11,13-14H2,1H3,(H,25,29)(H,26,28)/t23-/m1/s1. The summed E-state index contributed by atoms with van der Waals surface area (Å²) in [5.41, 5.74) is 2.69. The molecule has 1 aromatic carbocycles. The molecule has 0 radical (unpaired) electrons. The molecule has 0 unspecified atom stereocenters. The predicted molar refractivity (Wildman–Crippen MR) is 122 cm³/mol. The number of halogens is 1. The summed E-state index contributed by atoms with van der Waals surface area (Å²) < 4.78 is 6.04. The van der Waals surface area contributed by atoms with Gasteiger partial charge in [-0.25, -0.2) is 0 Å². The topological polar surface area (TPSA) is 70.7 Å². The Morgan fingerprint density at radius 2 is 2.00 bits per heavy atom. The van der Waals surface area contributed by atoms with E-state index >= 15 is 0 Å². The number of rotatable bonds is 4. The van der Waals surface area contributed by atoms with Crippen molar-refractivity contribution in [1.29, 1.82) is 0 Å². The molecular formula is C23H26ClN3O3S. The summed E-state index contributed by atoms with van der Waals surface area (Å²) in [6.45, 7) is 1.61.